The van der Waals surface area contributed by atoms with Gasteiger partial charge in [-0.25, -0.2) is 0 Å². The van der Waals surface area contributed by atoms with E-state index in [1.807, 2.05) is 6.08 Å². The van der Waals surface area contributed by atoms with Crippen LogP contribution in [0.3, 0.4) is 0 Å². The molecule has 148 valence electrons. The highest BCUT2D eigenvalue weighted by Gasteiger charge is 1.98. The summed E-state index contributed by atoms with van der Waals surface area (Å²) < 4.78 is 9.70. The predicted molar refractivity (Wildman–Crippen MR) is 110 cm³/mol. The largest absolute Gasteiger partial charge is 0.435 e. The van der Waals surface area contributed by atoms with Crippen molar-refractivity contribution < 1.29 is 14.1 Å². The number of rotatable bonds is 19. The summed E-state index contributed by atoms with van der Waals surface area (Å²) in [5.41, 5.74) is 0. The molecule has 25 heavy (non-hydrogen) atoms. The zero-order valence-electron chi connectivity index (χ0n) is 16.5. The number of hydrogen-bond acceptors (Lipinski definition) is 3. The summed E-state index contributed by atoms with van der Waals surface area (Å²) in [5, 5.41) is 0. The number of carbonyl (C=O) groups excluding carboxylic acids is 1. The SMILES string of the molecule is CCCCCCCCCCCCCCCCC=COC(=O)CCOP. The third kappa shape index (κ3) is 21.6. The van der Waals surface area contributed by atoms with Crippen molar-refractivity contribution in [3.63, 3.8) is 0 Å². The Labute approximate surface area is 158 Å². The minimum absolute atomic E-state index is 0.236. The molecular weight excluding hydrogens is 331 g/mol. The monoisotopic (exact) mass is 372 g/mol. The highest BCUT2D eigenvalue weighted by molar-refractivity contribution is 7.09. The molecule has 4 heteroatoms. The molecular formula is C21H41O3P. The molecule has 0 aromatic carbocycles. The normalized spacial score (nSPS) is 11.3. The fraction of sp³-hybridized carbons (Fsp3) is 0.857. The average molecular weight is 373 g/mol. The van der Waals surface area contributed by atoms with E-state index in [1.54, 1.807) is 0 Å². The molecule has 0 amide bonds. The van der Waals surface area contributed by atoms with Gasteiger partial charge in [0.15, 0.2) is 0 Å². The zero-order valence-corrected chi connectivity index (χ0v) is 17.6. The number of unbranched alkanes of at least 4 members (excludes halogenated alkanes) is 14. The second kappa shape index (κ2) is 21.6. The molecule has 0 heterocycles. The van der Waals surface area contributed by atoms with Crippen molar-refractivity contribution in [1.29, 1.82) is 0 Å². The van der Waals surface area contributed by atoms with E-state index in [2.05, 4.69) is 16.4 Å². The van der Waals surface area contributed by atoms with Gasteiger partial charge in [0.1, 0.15) is 0 Å². The van der Waals surface area contributed by atoms with Crippen LogP contribution in [-0.2, 0) is 14.1 Å². The van der Waals surface area contributed by atoms with Crippen LogP contribution in [0.15, 0.2) is 12.3 Å². The summed E-state index contributed by atoms with van der Waals surface area (Å²) in [6.07, 6.45) is 24.1. The van der Waals surface area contributed by atoms with Crippen molar-refractivity contribution in [1.82, 2.24) is 0 Å². The van der Waals surface area contributed by atoms with E-state index < -0.39 is 0 Å². The average Bonchev–Trinajstić information content (AvgIpc) is 2.62. The number of esters is 1. The van der Waals surface area contributed by atoms with Crippen molar-refractivity contribution in [2.24, 2.45) is 0 Å². The smallest absolute Gasteiger partial charge is 0.312 e. The molecule has 0 aromatic heterocycles. The highest BCUT2D eigenvalue weighted by Crippen LogP contribution is 2.13. The number of ether oxygens (including phenoxy) is 1. The lowest BCUT2D eigenvalue weighted by molar-refractivity contribution is -0.138. The molecule has 0 fully saturated rings. The van der Waals surface area contributed by atoms with Crippen LogP contribution >= 0.6 is 9.47 Å². The van der Waals surface area contributed by atoms with Gasteiger partial charge in [-0.1, -0.05) is 90.4 Å². The molecule has 0 aliphatic rings. The molecule has 0 radical (unpaired) electrons. The Morgan fingerprint density at radius 1 is 0.800 bits per heavy atom. The van der Waals surface area contributed by atoms with Crippen LogP contribution in [0, 0.1) is 0 Å². The second-order valence-corrected chi connectivity index (χ2v) is 7.20. The summed E-state index contributed by atoms with van der Waals surface area (Å²) in [5.74, 6) is -0.236. The first kappa shape index (κ1) is 24.6. The van der Waals surface area contributed by atoms with E-state index in [-0.39, 0.29) is 5.97 Å². The Morgan fingerprint density at radius 2 is 1.28 bits per heavy atom. The predicted octanol–water partition coefficient (Wildman–Crippen LogP) is 7.11. The lowest BCUT2D eigenvalue weighted by Crippen LogP contribution is -2.02. The molecule has 3 nitrogen and oxygen atoms in total. The van der Waals surface area contributed by atoms with E-state index in [0.717, 1.165) is 6.42 Å². The van der Waals surface area contributed by atoms with Gasteiger partial charge in [0, 0.05) is 9.47 Å². The van der Waals surface area contributed by atoms with Gasteiger partial charge in [-0.15, -0.1) is 0 Å². The van der Waals surface area contributed by atoms with Crippen LogP contribution in [0.5, 0.6) is 0 Å². The topological polar surface area (TPSA) is 35.5 Å². The Morgan fingerprint density at radius 3 is 1.76 bits per heavy atom. The molecule has 0 saturated heterocycles. The number of allylic oxidation sites excluding steroid dienone is 1. The van der Waals surface area contributed by atoms with Gasteiger partial charge in [0.2, 0.25) is 0 Å². The first-order valence-corrected chi connectivity index (χ1v) is 10.9. The van der Waals surface area contributed by atoms with Gasteiger partial charge >= 0.3 is 5.97 Å². The Balaban J connectivity index is 3.12. The van der Waals surface area contributed by atoms with Gasteiger partial charge in [-0.05, 0) is 18.9 Å². The number of carbonyl (C=O) groups is 1. The molecule has 0 bridgehead atoms. The van der Waals surface area contributed by atoms with Crippen LogP contribution in [0.25, 0.3) is 0 Å². The molecule has 0 rings (SSSR count). The van der Waals surface area contributed by atoms with Crippen LogP contribution in [0.1, 0.15) is 110 Å². The molecule has 0 saturated carbocycles. The summed E-state index contributed by atoms with van der Waals surface area (Å²) in [6, 6.07) is 0. The molecule has 0 aromatic rings. The van der Waals surface area contributed by atoms with E-state index >= 15 is 0 Å². The van der Waals surface area contributed by atoms with Crippen LogP contribution in [-0.4, -0.2) is 12.6 Å². The molecule has 0 aliphatic carbocycles. The van der Waals surface area contributed by atoms with Crippen molar-refractivity contribution in [3.8, 4) is 0 Å². The van der Waals surface area contributed by atoms with Gasteiger partial charge in [0.05, 0.1) is 19.3 Å². The first-order chi connectivity index (χ1) is 12.3. The lowest BCUT2D eigenvalue weighted by atomic mass is 10.0. The van der Waals surface area contributed by atoms with Gasteiger partial charge in [0.25, 0.3) is 0 Å². The van der Waals surface area contributed by atoms with Crippen LogP contribution < -0.4 is 0 Å². The van der Waals surface area contributed by atoms with E-state index in [4.69, 9.17) is 9.26 Å². The third-order valence-corrected chi connectivity index (χ3v) is 4.68. The van der Waals surface area contributed by atoms with Gasteiger partial charge < -0.3 is 9.26 Å². The second-order valence-electron chi connectivity index (χ2n) is 6.87. The third-order valence-electron chi connectivity index (χ3n) is 4.44. The van der Waals surface area contributed by atoms with Crippen molar-refractivity contribution in [2.45, 2.75) is 110 Å². The van der Waals surface area contributed by atoms with Gasteiger partial charge in [-0.2, -0.15) is 0 Å². The Hall–Kier alpha value is -0.400. The maximum absolute atomic E-state index is 11.2. The summed E-state index contributed by atoms with van der Waals surface area (Å²) in [4.78, 5) is 11.2. The number of hydrogen-bond donors (Lipinski definition) is 0. The van der Waals surface area contributed by atoms with Crippen molar-refractivity contribution in [3.05, 3.63) is 12.3 Å². The highest BCUT2D eigenvalue weighted by atomic mass is 31.0. The zero-order chi connectivity index (χ0) is 18.4. The fourth-order valence-corrected chi connectivity index (χ4v) is 2.97. The van der Waals surface area contributed by atoms with Crippen LogP contribution in [0.4, 0.5) is 0 Å². The van der Waals surface area contributed by atoms with Crippen LogP contribution in [0.2, 0.25) is 0 Å². The van der Waals surface area contributed by atoms with Crippen molar-refractivity contribution in [2.75, 3.05) is 6.61 Å². The van der Waals surface area contributed by atoms with Gasteiger partial charge in [-0.3, -0.25) is 4.79 Å². The molecule has 1 unspecified atom stereocenters. The standard InChI is InChI=1S/C21H41O3P/c1-2-3-4-5-6-7-8-9-10-11-12-13-14-15-16-17-19-23-21(22)18-20-24-25/h17,19H,2-16,18,20,25H2,1H3. The summed E-state index contributed by atoms with van der Waals surface area (Å²) >= 11 is 0. The molecule has 0 N–H and O–H groups in total. The first-order valence-electron chi connectivity index (χ1n) is 10.5. The Kier molecular flexibility index (Phi) is 21.3. The summed E-state index contributed by atoms with van der Waals surface area (Å²) in [6.45, 7) is 2.66. The minimum atomic E-state index is -0.236. The van der Waals surface area contributed by atoms with E-state index in [9.17, 15) is 4.79 Å². The van der Waals surface area contributed by atoms with E-state index in [1.165, 1.54) is 96.2 Å². The fourth-order valence-electron chi connectivity index (χ4n) is 2.85. The molecule has 0 spiro atoms. The molecule has 0 aliphatic heterocycles. The quantitative estimate of drug-likeness (QED) is 0.105. The molecule has 1 atom stereocenters. The maximum atomic E-state index is 11.2. The van der Waals surface area contributed by atoms with E-state index in [0.29, 0.717) is 13.0 Å². The summed E-state index contributed by atoms with van der Waals surface area (Å²) in [7, 11) is 2.13. The Bertz CT molecular complexity index is 306. The van der Waals surface area contributed by atoms with Crippen molar-refractivity contribution >= 4 is 15.4 Å². The maximum Gasteiger partial charge on any atom is 0.312 e. The lowest BCUT2D eigenvalue weighted by Gasteiger charge is -2.03. The minimum Gasteiger partial charge on any atom is -0.435 e.